The zero-order valence-electron chi connectivity index (χ0n) is 8.00. The van der Waals surface area contributed by atoms with Crippen LogP contribution in [0.4, 0.5) is 0 Å². The van der Waals surface area contributed by atoms with Crippen molar-refractivity contribution >= 4 is 40.7 Å². The average Bonchev–Trinajstić information content (AvgIpc) is 2.57. The van der Waals surface area contributed by atoms with Crippen molar-refractivity contribution in [3.05, 3.63) is 28.2 Å². The second kappa shape index (κ2) is 4.77. The van der Waals surface area contributed by atoms with Crippen molar-refractivity contribution in [1.29, 1.82) is 0 Å². The van der Waals surface area contributed by atoms with Crippen molar-refractivity contribution in [2.75, 3.05) is 0 Å². The highest BCUT2D eigenvalue weighted by atomic mass is 35.5. The molecule has 1 aliphatic carbocycles. The highest BCUT2D eigenvalue weighted by molar-refractivity contribution is 8.00. The molecule has 1 aromatic carbocycles. The molecule has 1 atom stereocenters. The van der Waals surface area contributed by atoms with E-state index in [-0.39, 0.29) is 5.25 Å². The topological polar surface area (TPSA) is 17.1 Å². The number of ketones is 1. The molecule has 0 N–H and O–H groups in total. The van der Waals surface area contributed by atoms with E-state index >= 15 is 0 Å². The Morgan fingerprint density at radius 3 is 2.73 bits per heavy atom. The number of hydrogen-bond acceptors (Lipinski definition) is 2. The zero-order valence-corrected chi connectivity index (χ0v) is 10.3. The van der Waals surface area contributed by atoms with Crippen molar-refractivity contribution in [3.63, 3.8) is 0 Å². The molecule has 80 valence electrons. The van der Waals surface area contributed by atoms with Crippen molar-refractivity contribution in [3.8, 4) is 0 Å². The van der Waals surface area contributed by atoms with Gasteiger partial charge in [0.1, 0.15) is 5.78 Å². The number of thioether (sulfide) groups is 1. The van der Waals surface area contributed by atoms with E-state index in [2.05, 4.69) is 0 Å². The summed E-state index contributed by atoms with van der Waals surface area (Å²) in [5.41, 5.74) is 0. The van der Waals surface area contributed by atoms with E-state index < -0.39 is 0 Å². The highest BCUT2D eigenvalue weighted by Crippen LogP contribution is 2.37. The van der Waals surface area contributed by atoms with E-state index in [1.54, 1.807) is 23.9 Å². The maximum absolute atomic E-state index is 11.5. The first-order valence-electron chi connectivity index (χ1n) is 4.81. The Balaban J connectivity index is 2.13. The quantitative estimate of drug-likeness (QED) is 0.793. The highest BCUT2D eigenvalue weighted by Gasteiger charge is 2.25. The van der Waals surface area contributed by atoms with Gasteiger partial charge in [0.2, 0.25) is 0 Å². The van der Waals surface area contributed by atoms with E-state index in [9.17, 15) is 4.79 Å². The monoisotopic (exact) mass is 260 g/mol. The molecule has 1 aliphatic rings. The van der Waals surface area contributed by atoms with Crippen LogP contribution in [-0.2, 0) is 4.79 Å². The molecule has 2 rings (SSSR count). The lowest BCUT2D eigenvalue weighted by molar-refractivity contribution is -0.116. The van der Waals surface area contributed by atoms with Gasteiger partial charge in [-0.25, -0.2) is 0 Å². The number of Topliss-reactive ketones (excluding diaryl/α,β-unsaturated/α-hetero) is 1. The Morgan fingerprint density at radius 2 is 2.13 bits per heavy atom. The van der Waals surface area contributed by atoms with Crippen molar-refractivity contribution in [1.82, 2.24) is 0 Å². The Hall–Kier alpha value is -0.180. The van der Waals surface area contributed by atoms with Gasteiger partial charge in [0.25, 0.3) is 0 Å². The normalized spacial score (nSPS) is 20.9. The Morgan fingerprint density at radius 1 is 1.33 bits per heavy atom. The van der Waals surface area contributed by atoms with Crippen LogP contribution in [0, 0.1) is 0 Å². The van der Waals surface area contributed by atoms with Crippen LogP contribution in [0.3, 0.4) is 0 Å². The van der Waals surface area contributed by atoms with Crippen molar-refractivity contribution in [2.24, 2.45) is 0 Å². The lowest BCUT2D eigenvalue weighted by Crippen LogP contribution is -2.07. The molecule has 15 heavy (non-hydrogen) atoms. The van der Waals surface area contributed by atoms with Crippen LogP contribution in [0.15, 0.2) is 23.1 Å². The summed E-state index contributed by atoms with van der Waals surface area (Å²) in [4.78, 5) is 12.4. The smallest absolute Gasteiger partial charge is 0.146 e. The second-order valence-electron chi connectivity index (χ2n) is 3.54. The van der Waals surface area contributed by atoms with E-state index in [1.165, 1.54) is 0 Å². The third-order valence-electron chi connectivity index (χ3n) is 2.41. The summed E-state index contributed by atoms with van der Waals surface area (Å²) in [6, 6.07) is 5.39. The minimum absolute atomic E-state index is 0.0867. The van der Waals surface area contributed by atoms with Gasteiger partial charge in [-0.05, 0) is 31.0 Å². The van der Waals surface area contributed by atoms with Gasteiger partial charge in [-0.3, -0.25) is 4.79 Å². The molecule has 0 amide bonds. The first-order valence-corrected chi connectivity index (χ1v) is 6.45. The number of rotatable bonds is 2. The lowest BCUT2D eigenvalue weighted by atomic mass is 10.3. The fourth-order valence-corrected chi connectivity index (χ4v) is 3.33. The number of carbonyl (C=O) groups excluding carboxylic acids is 1. The molecule has 1 aromatic rings. The average molecular weight is 261 g/mol. The van der Waals surface area contributed by atoms with Gasteiger partial charge < -0.3 is 0 Å². The maximum atomic E-state index is 11.5. The third kappa shape index (κ3) is 2.68. The first-order chi connectivity index (χ1) is 7.16. The number of halogens is 2. The molecule has 1 unspecified atom stereocenters. The van der Waals surface area contributed by atoms with Crippen molar-refractivity contribution in [2.45, 2.75) is 29.4 Å². The molecule has 1 nitrogen and oxygen atoms in total. The molecule has 0 aliphatic heterocycles. The van der Waals surface area contributed by atoms with Crippen LogP contribution in [0.5, 0.6) is 0 Å². The van der Waals surface area contributed by atoms with Crippen molar-refractivity contribution < 1.29 is 4.79 Å². The van der Waals surface area contributed by atoms with E-state index in [1.807, 2.05) is 6.07 Å². The summed E-state index contributed by atoms with van der Waals surface area (Å²) in [5.74, 6) is 0.339. The van der Waals surface area contributed by atoms with Crippen LogP contribution >= 0.6 is 35.0 Å². The summed E-state index contributed by atoms with van der Waals surface area (Å²) in [7, 11) is 0. The molecular weight excluding hydrogens is 251 g/mol. The minimum Gasteiger partial charge on any atom is -0.298 e. The minimum atomic E-state index is 0.0867. The van der Waals surface area contributed by atoms with Gasteiger partial charge >= 0.3 is 0 Å². The number of carbonyl (C=O) groups is 1. The first kappa shape index (κ1) is 11.3. The van der Waals surface area contributed by atoms with Crippen LogP contribution in [-0.4, -0.2) is 11.0 Å². The van der Waals surface area contributed by atoms with Crippen LogP contribution in [0.25, 0.3) is 0 Å². The summed E-state index contributed by atoms with van der Waals surface area (Å²) in [5, 5.41) is 1.35. The fourth-order valence-electron chi connectivity index (χ4n) is 1.63. The summed E-state index contributed by atoms with van der Waals surface area (Å²) >= 11 is 13.4. The molecule has 1 fully saturated rings. The van der Waals surface area contributed by atoms with E-state index in [4.69, 9.17) is 23.2 Å². The van der Waals surface area contributed by atoms with Gasteiger partial charge in [-0.15, -0.1) is 11.8 Å². The zero-order chi connectivity index (χ0) is 10.8. The number of hydrogen-bond donors (Lipinski definition) is 0. The van der Waals surface area contributed by atoms with Crippen LogP contribution in [0.1, 0.15) is 19.3 Å². The Kier molecular flexibility index (Phi) is 3.60. The molecule has 0 bridgehead atoms. The summed E-state index contributed by atoms with van der Waals surface area (Å²) < 4.78 is 0. The Labute approximate surface area is 103 Å². The molecule has 4 heteroatoms. The van der Waals surface area contributed by atoms with Gasteiger partial charge in [0, 0.05) is 16.3 Å². The standard InChI is InChI=1S/C11H10Cl2OS/c12-7-4-5-10(8(13)6-7)15-11-3-1-2-9(11)14/h4-6,11H,1-3H2. The maximum Gasteiger partial charge on any atom is 0.146 e. The lowest BCUT2D eigenvalue weighted by Gasteiger charge is -2.09. The summed E-state index contributed by atoms with van der Waals surface area (Å²) in [6.07, 6.45) is 2.67. The molecule has 1 saturated carbocycles. The molecule has 0 aromatic heterocycles. The van der Waals surface area contributed by atoms with Gasteiger partial charge in [-0.1, -0.05) is 23.2 Å². The molecule has 0 spiro atoms. The van der Waals surface area contributed by atoms with Gasteiger partial charge in [-0.2, -0.15) is 0 Å². The largest absolute Gasteiger partial charge is 0.298 e. The van der Waals surface area contributed by atoms with Crippen LogP contribution in [0.2, 0.25) is 10.0 Å². The summed E-state index contributed by atoms with van der Waals surface area (Å²) in [6.45, 7) is 0. The fraction of sp³-hybridized carbons (Fsp3) is 0.364. The molecule has 0 saturated heterocycles. The predicted molar refractivity (Wildman–Crippen MR) is 65.0 cm³/mol. The van der Waals surface area contributed by atoms with E-state index in [0.29, 0.717) is 22.2 Å². The Bertz CT molecular complexity index is 392. The third-order valence-corrected chi connectivity index (χ3v) is 4.46. The SMILES string of the molecule is O=C1CCCC1Sc1ccc(Cl)cc1Cl. The molecule has 0 heterocycles. The van der Waals surface area contributed by atoms with E-state index in [0.717, 1.165) is 17.7 Å². The number of benzene rings is 1. The van der Waals surface area contributed by atoms with Gasteiger partial charge in [0.05, 0.1) is 10.3 Å². The van der Waals surface area contributed by atoms with Crippen LogP contribution < -0.4 is 0 Å². The predicted octanol–water partition coefficient (Wildman–Crippen LogP) is 4.21. The molecular formula is C11H10Cl2OS. The van der Waals surface area contributed by atoms with Gasteiger partial charge in [0.15, 0.2) is 0 Å². The second-order valence-corrected chi connectivity index (χ2v) is 5.63. The molecule has 0 radical (unpaired) electrons.